The van der Waals surface area contributed by atoms with Gasteiger partial charge in [-0.05, 0) is 73.2 Å². The Morgan fingerprint density at radius 3 is 2.24 bits per heavy atom. The Morgan fingerprint density at radius 1 is 1.11 bits per heavy atom. The van der Waals surface area contributed by atoms with Crippen molar-refractivity contribution in [3.8, 4) is 5.69 Å². The molecule has 1 heterocycles. The number of carboxylic acid groups (broad SMARTS) is 1. The van der Waals surface area contributed by atoms with Crippen LogP contribution < -0.4 is 5.73 Å². The maximum absolute atomic E-state index is 14.0. The largest absolute Gasteiger partial charge is 0.480 e. The van der Waals surface area contributed by atoms with Crippen LogP contribution >= 0.6 is 0 Å². The third-order valence-electron chi connectivity index (χ3n) is 7.24. The number of nitrogens with two attached hydrogens (primary N) is 1. The number of benzene rings is 2. The molecule has 0 fully saturated rings. The van der Waals surface area contributed by atoms with E-state index >= 15 is 0 Å². The van der Waals surface area contributed by atoms with Crippen molar-refractivity contribution in [1.29, 1.82) is 0 Å². The number of aliphatic carboxylic acids is 1. The van der Waals surface area contributed by atoms with Gasteiger partial charge in [-0.25, -0.2) is 13.5 Å². The molecule has 10 heteroatoms. The van der Waals surface area contributed by atoms with Crippen LogP contribution in [-0.2, 0) is 21.4 Å². The molecule has 5 N–H and O–H groups in total. The molecule has 0 bridgehead atoms. The SMILES string of the molecule is CCC(O)C(Cc1cccc(F)c1)C(C)(O)C(C(N)=O)(C(=O)O)c1c(C(C)C)cnn1-c1ccc(F)cc1. The summed E-state index contributed by atoms with van der Waals surface area (Å²) >= 11 is 0. The van der Waals surface area contributed by atoms with Gasteiger partial charge in [0.1, 0.15) is 11.6 Å². The van der Waals surface area contributed by atoms with Crippen molar-refractivity contribution in [2.24, 2.45) is 11.7 Å². The lowest BCUT2D eigenvalue weighted by molar-refractivity contribution is -0.173. The van der Waals surface area contributed by atoms with Gasteiger partial charge in [-0.1, -0.05) is 32.9 Å². The van der Waals surface area contributed by atoms with Crippen molar-refractivity contribution in [2.45, 2.75) is 63.6 Å². The maximum atomic E-state index is 14.0. The molecule has 0 aliphatic rings. The zero-order valence-corrected chi connectivity index (χ0v) is 21.7. The van der Waals surface area contributed by atoms with Gasteiger partial charge in [0.05, 0.1) is 29.3 Å². The Bertz CT molecular complexity index is 1290. The summed E-state index contributed by atoms with van der Waals surface area (Å²) in [7, 11) is 0. The van der Waals surface area contributed by atoms with Gasteiger partial charge in [-0.2, -0.15) is 5.10 Å². The molecule has 0 spiro atoms. The van der Waals surface area contributed by atoms with Crippen LogP contribution in [0.1, 0.15) is 56.9 Å². The number of halogens is 2. The summed E-state index contributed by atoms with van der Waals surface area (Å²) in [5.74, 6) is -5.89. The first-order valence-electron chi connectivity index (χ1n) is 12.3. The highest BCUT2D eigenvalue weighted by Gasteiger charge is 2.66. The van der Waals surface area contributed by atoms with E-state index in [4.69, 9.17) is 5.73 Å². The fraction of sp³-hybridized carbons (Fsp3) is 0.393. The van der Waals surface area contributed by atoms with Crippen LogP contribution in [0.4, 0.5) is 8.78 Å². The average Bonchev–Trinajstić information content (AvgIpc) is 3.27. The molecule has 2 aromatic carbocycles. The van der Waals surface area contributed by atoms with E-state index in [0.29, 0.717) is 11.1 Å². The van der Waals surface area contributed by atoms with Crippen LogP contribution in [0.2, 0.25) is 0 Å². The van der Waals surface area contributed by atoms with Crippen molar-refractivity contribution in [3.05, 3.63) is 83.2 Å². The number of carboxylic acids is 1. The molecule has 1 amide bonds. The average molecular weight is 530 g/mol. The second-order valence-corrected chi connectivity index (χ2v) is 9.97. The Morgan fingerprint density at radius 2 is 1.74 bits per heavy atom. The van der Waals surface area contributed by atoms with Crippen LogP contribution in [0.25, 0.3) is 5.69 Å². The summed E-state index contributed by atoms with van der Waals surface area (Å²) in [6.07, 6.45) is 0.0107. The maximum Gasteiger partial charge on any atom is 0.328 e. The molecule has 0 aliphatic carbocycles. The summed E-state index contributed by atoms with van der Waals surface area (Å²) < 4.78 is 28.8. The van der Waals surface area contributed by atoms with Crippen LogP contribution in [0.15, 0.2) is 54.7 Å². The predicted molar refractivity (Wildman–Crippen MR) is 137 cm³/mol. The van der Waals surface area contributed by atoms with Crippen molar-refractivity contribution in [1.82, 2.24) is 9.78 Å². The Labute approximate surface area is 219 Å². The van der Waals surface area contributed by atoms with E-state index in [9.17, 15) is 33.7 Å². The zero-order valence-electron chi connectivity index (χ0n) is 21.7. The van der Waals surface area contributed by atoms with Crippen molar-refractivity contribution >= 4 is 11.9 Å². The normalized spacial score (nSPS) is 16.4. The highest BCUT2D eigenvalue weighted by molar-refractivity contribution is 6.09. The number of primary amides is 1. The van der Waals surface area contributed by atoms with Gasteiger partial charge in [0.25, 0.3) is 0 Å². The first-order chi connectivity index (χ1) is 17.8. The zero-order chi connectivity index (χ0) is 28.4. The molecule has 1 aromatic heterocycles. The molecular formula is C28H33F2N3O5. The van der Waals surface area contributed by atoms with Crippen molar-refractivity contribution < 1.29 is 33.7 Å². The Hall–Kier alpha value is -3.63. The van der Waals surface area contributed by atoms with E-state index in [-0.39, 0.29) is 30.1 Å². The fourth-order valence-corrected chi connectivity index (χ4v) is 5.16. The molecule has 0 saturated carbocycles. The summed E-state index contributed by atoms with van der Waals surface area (Å²) in [6, 6.07) is 10.5. The monoisotopic (exact) mass is 529 g/mol. The fourth-order valence-electron chi connectivity index (χ4n) is 5.16. The molecule has 4 unspecified atom stereocenters. The first-order valence-corrected chi connectivity index (χ1v) is 12.3. The minimum atomic E-state index is -2.83. The highest BCUT2D eigenvalue weighted by Crippen LogP contribution is 2.46. The predicted octanol–water partition coefficient (Wildman–Crippen LogP) is 3.46. The number of hydrogen-bond acceptors (Lipinski definition) is 5. The van der Waals surface area contributed by atoms with E-state index in [0.717, 1.165) is 23.7 Å². The molecule has 0 aliphatic heterocycles. The smallest absolute Gasteiger partial charge is 0.328 e. The minimum Gasteiger partial charge on any atom is -0.480 e. The van der Waals surface area contributed by atoms with E-state index in [1.807, 2.05) is 0 Å². The molecule has 38 heavy (non-hydrogen) atoms. The van der Waals surface area contributed by atoms with Crippen molar-refractivity contribution in [2.75, 3.05) is 0 Å². The molecule has 204 valence electrons. The molecule has 3 aromatic rings. The summed E-state index contributed by atoms with van der Waals surface area (Å²) in [5, 5.41) is 38.3. The number of aliphatic hydroxyl groups excluding tert-OH is 1. The first kappa shape index (κ1) is 28.9. The van der Waals surface area contributed by atoms with Gasteiger partial charge >= 0.3 is 5.97 Å². The molecular weight excluding hydrogens is 496 g/mol. The van der Waals surface area contributed by atoms with Gasteiger partial charge in [0, 0.05) is 5.92 Å². The lowest BCUT2D eigenvalue weighted by Gasteiger charge is -2.46. The molecule has 3 rings (SSSR count). The summed E-state index contributed by atoms with van der Waals surface area (Å²) in [6.45, 7) is 6.28. The summed E-state index contributed by atoms with van der Waals surface area (Å²) in [5.41, 5.74) is 1.22. The van der Waals surface area contributed by atoms with E-state index in [2.05, 4.69) is 5.10 Å². The number of amides is 1. The Balaban J connectivity index is 2.39. The third-order valence-corrected chi connectivity index (χ3v) is 7.24. The van der Waals surface area contributed by atoms with E-state index in [1.165, 1.54) is 36.5 Å². The van der Waals surface area contributed by atoms with Gasteiger partial charge < -0.3 is 21.1 Å². The quantitative estimate of drug-likeness (QED) is 0.281. The van der Waals surface area contributed by atoms with Crippen LogP contribution in [0.3, 0.4) is 0 Å². The molecule has 0 radical (unpaired) electrons. The Kier molecular flexibility index (Phi) is 8.38. The van der Waals surface area contributed by atoms with Gasteiger partial charge in [0.2, 0.25) is 11.3 Å². The van der Waals surface area contributed by atoms with Crippen LogP contribution in [0.5, 0.6) is 0 Å². The lowest BCUT2D eigenvalue weighted by atomic mass is 9.60. The standard InChI is InChI=1S/C28H33F2N3O5/c1-5-23(34)22(14-17-7-6-8-19(30)13-17)27(4,38)28(25(31)35,26(36)37)24-21(16(2)3)15-32-33(24)20-11-9-18(29)10-12-20/h6-13,15-16,22-23,34,38H,5,14H2,1-4H3,(H2,31,35)(H,36,37). The van der Waals surface area contributed by atoms with Crippen LogP contribution in [-0.4, -0.2) is 48.7 Å². The van der Waals surface area contributed by atoms with Gasteiger partial charge in [0.15, 0.2) is 0 Å². The topological polar surface area (TPSA) is 139 Å². The minimum absolute atomic E-state index is 0.0961. The number of nitrogens with zero attached hydrogens (tertiary/aromatic N) is 2. The summed E-state index contributed by atoms with van der Waals surface area (Å²) in [4.78, 5) is 26.6. The second kappa shape index (κ2) is 11.0. The third kappa shape index (κ3) is 4.93. The molecule has 4 atom stereocenters. The van der Waals surface area contributed by atoms with E-state index < -0.39 is 46.5 Å². The van der Waals surface area contributed by atoms with Crippen LogP contribution in [0, 0.1) is 17.6 Å². The number of carbonyl (C=O) groups excluding carboxylic acids is 1. The lowest BCUT2D eigenvalue weighted by Crippen LogP contribution is -2.68. The second-order valence-electron chi connectivity index (χ2n) is 9.97. The molecule has 8 nitrogen and oxygen atoms in total. The number of rotatable bonds is 11. The van der Waals surface area contributed by atoms with E-state index in [1.54, 1.807) is 26.8 Å². The van der Waals surface area contributed by atoms with Crippen molar-refractivity contribution in [3.63, 3.8) is 0 Å². The number of carbonyl (C=O) groups is 2. The van der Waals surface area contributed by atoms with Gasteiger partial charge in [-0.3, -0.25) is 9.59 Å². The number of hydrogen-bond donors (Lipinski definition) is 4. The van der Waals surface area contributed by atoms with Gasteiger partial charge in [-0.15, -0.1) is 0 Å². The molecule has 0 saturated heterocycles. The highest BCUT2D eigenvalue weighted by atomic mass is 19.1. The number of aliphatic hydroxyl groups is 2. The number of aromatic nitrogens is 2.